The minimum absolute atomic E-state index is 0.0530. The van der Waals surface area contributed by atoms with Gasteiger partial charge in [-0.2, -0.15) is 0 Å². The standard InChI is InChI=1S/C14H16F2N2O/c1-14(2,3)17-7-10-8-18-19-13(10)9-4-5-11(15)12(16)6-9/h4-6,8,17H,7H2,1-3H3. The molecule has 0 fully saturated rings. The molecule has 0 aliphatic carbocycles. The number of aromatic nitrogens is 1. The summed E-state index contributed by atoms with van der Waals surface area (Å²) >= 11 is 0. The molecule has 3 nitrogen and oxygen atoms in total. The van der Waals surface area contributed by atoms with E-state index in [1.54, 1.807) is 6.20 Å². The molecule has 0 unspecified atom stereocenters. The van der Waals surface area contributed by atoms with Gasteiger partial charge in [-0.3, -0.25) is 0 Å². The molecule has 0 spiro atoms. The van der Waals surface area contributed by atoms with Crippen LogP contribution in [0.15, 0.2) is 28.9 Å². The molecule has 1 aromatic heterocycles. The zero-order valence-corrected chi connectivity index (χ0v) is 11.1. The fourth-order valence-electron chi connectivity index (χ4n) is 1.62. The Kier molecular flexibility index (Phi) is 3.66. The summed E-state index contributed by atoms with van der Waals surface area (Å²) in [5.41, 5.74) is 1.23. The number of hydrogen-bond acceptors (Lipinski definition) is 3. The van der Waals surface area contributed by atoms with Crippen molar-refractivity contribution in [1.82, 2.24) is 10.5 Å². The summed E-state index contributed by atoms with van der Waals surface area (Å²) in [6, 6.07) is 3.66. The topological polar surface area (TPSA) is 38.1 Å². The molecule has 0 aliphatic heterocycles. The molecular formula is C14H16F2N2O. The fraction of sp³-hybridized carbons (Fsp3) is 0.357. The maximum Gasteiger partial charge on any atom is 0.171 e. The first-order valence-electron chi connectivity index (χ1n) is 6.01. The van der Waals surface area contributed by atoms with Crippen LogP contribution in [0.1, 0.15) is 26.3 Å². The van der Waals surface area contributed by atoms with Crippen molar-refractivity contribution in [2.75, 3.05) is 0 Å². The molecule has 1 heterocycles. The van der Waals surface area contributed by atoms with Gasteiger partial charge in [-0.25, -0.2) is 8.78 Å². The number of benzene rings is 1. The Balaban J connectivity index is 2.26. The summed E-state index contributed by atoms with van der Waals surface area (Å²) in [5.74, 6) is -1.32. The van der Waals surface area contributed by atoms with Crippen molar-refractivity contribution in [3.05, 3.63) is 41.6 Å². The first kappa shape index (κ1) is 13.7. The number of rotatable bonds is 3. The molecule has 0 saturated heterocycles. The van der Waals surface area contributed by atoms with Crippen LogP contribution in [-0.2, 0) is 6.54 Å². The van der Waals surface area contributed by atoms with Gasteiger partial charge < -0.3 is 9.84 Å². The van der Waals surface area contributed by atoms with E-state index in [1.165, 1.54) is 6.07 Å². The second-order valence-electron chi connectivity index (χ2n) is 5.41. The van der Waals surface area contributed by atoms with Gasteiger partial charge in [0.05, 0.1) is 6.20 Å². The van der Waals surface area contributed by atoms with E-state index in [0.29, 0.717) is 17.9 Å². The van der Waals surface area contributed by atoms with Crippen LogP contribution in [0.2, 0.25) is 0 Å². The quantitative estimate of drug-likeness (QED) is 0.923. The van der Waals surface area contributed by atoms with Gasteiger partial charge in [0.2, 0.25) is 0 Å². The Morgan fingerprint density at radius 1 is 1.21 bits per heavy atom. The largest absolute Gasteiger partial charge is 0.356 e. The summed E-state index contributed by atoms with van der Waals surface area (Å²) in [6.45, 7) is 6.66. The van der Waals surface area contributed by atoms with Gasteiger partial charge in [-0.1, -0.05) is 5.16 Å². The highest BCUT2D eigenvalue weighted by atomic mass is 19.2. The molecule has 0 aliphatic rings. The van der Waals surface area contributed by atoms with Crippen LogP contribution in [0.3, 0.4) is 0 Å². The lowest BCUT2D eigenvalue weighted by molar-refractivity contribution is 0.418. The van der Waals surface area contributed by atoms with Gasteiger partial charge in [0.15, 0.2) is 17.4 Å². The van der Waals surface area contributed by atoms with Gasteiger partial charge in [0.1, 0.15) is 0 Å². The van der Waals surface area contributed by atoms with Crippen molar-refractivity contribution in [2.24, 2.45) is 0 Å². The predicted molar refractivity (Wildman–Crippen MR) is 68.4 cm³/mol. The lowest BCUT2D eigenvalue weighted by Crippen LogP contribution is -2.35. The first-order valence-corrected chi connectivity index (χ1v) is 6.01. The zero-order valence-electron chi connectivity index (χ0n) is 11.1. The number of halogens is 2. The minimum atomic E-state index is -0.899. The van der Waals surface area contributed by atoms with Crippen LogP contribution < -0.4 is 5.32 Å². The molecule has 5 heteroatoms. The second kappa shape index (κ2) is 5.09. The van der Waals surface area contributed by atoms with Crippen LogP contribution >= 0.6 is 0 Å². The summed E-state index contributed by atoms with van der Waals surface area (Å²) in [6.07, 6.45) is 1.58. The molecule has 0 radical (unpaired) electrons. The van der Waals surface area contributed by atoms with Crippen LogP contribution in [0.5, 0.6) is 0 Å². The van der Waals surface area contributed by atoms with Crippen molar-refractivity contribution in [1.29, 1.82) is 0 Å². The van der Waals surface area contributed by atoms with E-state index in [-0.39, 0.29) is 5.54 Å². The minimum Gasteiger partial charge on any atom is -0.356 e. The van der Waals surface area contributed by atoms with E-state index in [4.69, 9.17) is 4.52 Å². The van der Waals surface area contributed by atoms with Crippen LogP contribution in [0.4, 0.5) is 8.78 Å². The van der Waals surface area contributed by atoms with E-state index in [2.05, 4.69) is 10.5 Å². The molecule has 2 aromatic rings. The average molecular weight is 266 g/mol. The Bertz CT molecular complexity index is 573. The summed E-state index contributed by atoms with van der Waals surface area (Å²) in [7, 11) is 0. The Morgan fingerprint density at radius 2 is 1.95 bits per heavy atom. The van der Waals surface area contributed by atoms with Gasteiger partial charge in [-0.05, 0) is 39.0 Å². The maximum absolute atomic E-state index is 13.2. The zero-order chi connectivity index (χ0) is 14.0. The molecule has 0 atom stereocenters. The molecule has 1 N–H and O–H groups in total. The van der Waals surface area contributed by atoms with Gasteiger partial charge in [-0.15, -0.1) is 0 Å². The van der Waals surface area contributed by atoms with Crippen LogP contribution in [0.25, 0.3) is 11.3 Å². The van der Waals surface area contributed by atoms with Crippen LogP contribution in [0, 0.1) is 11.6 Å². The Hall–Kier alpha value is -1.75. The second-order valence-corrected chi connectivity index (χ2v) is 5.41. The Labute approximate surface area is 110 Å². The van der Waals surface area contributed by atoms with E-state index in [1.807, 2.05) is 20.8 Å². The highest BCUT2D eigenvalue weighted by molar-refractivity contribution is 5.60. The lowest BCUT2D eigenvalue weighted by atomic mass is 10.1. The van der Waals surface area contributed by atoms with Crippen molar-refractivity contribution < 1.29 is 13.3 Å². The van der Waals surface area contributed by atoms with Gasteiger partial charge in [0.25, 0.3) is 0 Å². The first-order chi connectivity index (χ1) is 8.87. The Morgan fingerprint density at radius 3 is 2.58 bits per heavy atom. The molecule has 19 heavy (non-hydrogen) atoms. The van der Waals surface area contributed by atoms with E-state index in [9.17, 15) is 8.78 Å². The lowest BCUT2D eigenvalue weighted by Gasteiger charge is -2.20. The van der Waals surface area contributed by atoms with E-state index in [0.717, 1.165) is 17.7 Å². The van der Waals surface area contributed by atoms with Crippen LogP contribution in [-0.4, -0.2) is 10.7 Å². The molecule has 2 rings (SSSR count). The molecule has 0 amide bonds. The average Bonchev–Trinajstić information content (AvgIpc) is 2.77. The van der Waals surface area contributed by atoms with Crippen molar-refractivity contribution in [3.63, 3.8) is 0 Å². The smallest absolute Gasteiger partial charge is 0.171 e. The molecule has 0 bridgehead atoms. The van der Waals surface area contributed by atoms with E-state index < -0.39 is 11.6 Å². The number of nitrogens with zero attached hydrogens (tertiary/aromatic N) is 1. The predicted octanol–water partition coefficient (Wildman–Crippen LogP) is 3.51. The normalized spacial score (nSPS) is 11.8. The number of nitrogens with one attached hydrogen (secondary N) is 1. The molecular weight excluding hydrogens is 250 g/mol. The third-order valence-electron chi connectivity index (χ3n) is 2.64. The summed E-state index contributed by atoms with van der Waals surface area (Å²) in [5, 5.41) is 7.01. The molecule has 0 saturated carbocycles. The highest BCUT2D eigenvalue weighted by Crippen LogP contribution is 2.25. The summed E-state index contributed by atoms with van der Waals surface area (Å²) in [4.78, 5) is 0. The number of hydrogen-bond donors (Lipinski definition) is 1. The third-order valence-corrected chi connectivity index (χ3v) is 2.64. The maximum atomic E-state index is 13.2. The fourth-order valence-corrected chi connectivity index (χ4v) is 1.62. The van der Waals surface area contributed by atoms with Gasteiger partial charge in [0, 0.05) is 23.2 Å². The highest BCUT2D eigenvalue weighted by Gasteiger charge is 2.15. The van der Waals surface area contributed by atoms with Crippen molar-refractivity contribution in [3.8, 4) is 11.3 Å². The van der Waals surface area contributed by atoms with E-state index >= 15 is 0 Å². The molecule has 102 valence electrons. The van der Waals surface area contributed by atoms with Crippen molar-refractivity contribution in [2.45, 2.75) is 32.9 Å². The monoisotopic (exact) mass is 266 g/mol. The van der Waals surface area contributed by atoms with Gasteiger partial charge >= 0.3 is 0 Å². The SMILES string of the molecule is CC(C)(C)NCc1cnoc1-c1ccc(F)c(F)c1. The third kappa shape index (κ3) is 3.38. The molecule has 1 aromatic carbocycles. The van der Waals surface area contributed by atoms with Crippen molar-refractivity contribution >= 4 is 0 Å². The summed E-state index contributed by atoms with van der Waals surface area (Å²) < 4.78 is 31.3.